The summed E-state index contributed by atoms with van der Waals surface area (Å²) in [6.07, 6.45) is 0.477. The number of carbonyl (C=O) groups excluding carboxylic acids is 2. The van der Waals surface area contributed by atoms with Gasteiger partial charge in [0.25, 0.3) is 5.24 Å². The van der Waals surface area contributed by atoms with E-state index in [0.717, 1.165) is 22.9 Å². The van der Waals surface area contributed by atoms with E-state index in [1.165, 1.54) is 4.90 Å². The molecular weight excluding hydrogens is 350 g/mol. The van der Waals surface area contributed by atoms with Gasteiger partial charge in [-0.2, -0.15) is 0 Å². The van der Waals surface area contributed by atoms with Gasteiger partial charge in [-0.1, -0.05) is 48.2 Å². The molecule has 3 rings (SSSR count). The van der Waals surface area contributed by atoms with Crippen LogP contribution in [0.4, 0.5) is 4.79 Å². The number of imide groups is 1. The summed E-state index contributed by atoms with van der Waals surface area (Å²) in [6, 6.07) is 15.1. The lowest BCUT2D eigenvalue weighted by Crippen LogP contribution is -2.31. The highest BCUT2D eigenvalue weighted by atomic mass is 32.2. The zero-order chi connectivity index (χ0) is 18.5. The molecule has 0 aromatic heterocycles. The van der Waals surface area contributed by atoms with E-state index in [0.29, 0.717) is 31.1 Å². The lowest BCUT2D eigenvalue weighted by molar-refractivity contribution is -0.127. The molecule has 0 N–H and O–H groups in total. The molecule has 1 saturated heterocycles. The largest absolute Gasteiger partial charge is 0.493 e. The number of benzene rings is 2. The lowest BCUT2D eigenvalue weighted by atomic mass is 10.1. The zero-order valence-corrected chi connectivity index (χ0v) is 15.6. The fraction of sp³-hybridized carbons (Fsp3) is 0.300. The van der Waals surface area contributed by atoms with Crippen LogP contribution in [0.2, 0.25) is 0 Å². The summed E-state index contributed by atoms with van der Waals surface area (Å²) >= 11 is 1.09. The van der Waals surface area contributed by atoms with Crippen molar-refractivity contribution in [2.45, 2.75) is 25.1 Å². The van der Waals surface area contributed by atoms with Crippen molar-refractivity contribution in [1.82, 2.24) is 4.90 Å². The van der Waals surface area contributed by atoms with E-state index in [2.05, 4.69) is 0 Å². The number of hydrogen-bond acceptors (Lipinski definition) is 5. The molecule has 1 aliphatic rings. The Morgan fingerprint density at radius 2 is 1.81 bits per heavy atom. The van der Waals surface area contributed by atoms with Crippen LogP contribution in [0.25, 0.3) is 0 Å². The molecule has 2 aromatic carbocycles. The molecule has 26 heavy (non-hydrogen) atoms. The molecule has 0 unspecified atom stereocenters. The summed E-state index contributed by atoms with van der Waals surface area (Å²) in [5.74, 6) is 1.16. The minimum absolute atomic E-state index is 0.141. The Bertz CT molecular complexity index is 794. The van der Waals surface area contributed by atoms with Gasteiger partial charge in [-0.15, -0.1) is 0 Å². The second kappa shape index (κ2) is 8.27. The molecule has 1 fully saturated rings. The molecule has 0 radical (unpaired) electrons. The lowest BCUT2D eigenvalue weighted by Gasteiger charge is -2.14. The van der Waals surface area contributed by atoms with Gasteiger partial charge in [0, 0.05) is 0 Å². The van der Waals surface area contributed by atoms with E-state index < -0.39 is 5.25 Å². The maximum Gasteiger partial charge on any atom is 0.289 e. The third-order valence-corrected chi connectivity index (χ3v) is 5.21. The number of hydrogen-bond donors (Lipinski definition) is 0. The van der Waals surface area contributed by atoms with Crippen LogP contribution in [0.15, 0.2) is 48.5 Å². The van der Waals surface area contributed by atoms with E-state index in [9.17, 15) is 9.59 Å². The van der Waals surface area contributed by atoms with Gasteiger partial charge in [0.15, 0.2) is 11.5 Å². The fourth-order valence-corrected chi connectivity index (χ4v) is 3.90. The molecule has 2 amide bonds. The summed E-state index contributed by atoms with van der Waals surface area (Å²) < 4.78 is 10.9. The van der Waals surface area contributed by atoms with E-state index in [4.69, 9.17) is 9.47 Å². The summed E-state index contributed by atoms with van der Waals surface area (Å²) in [7, 11) is 1.59. The smallest absolute Gasteiger partial charge is 0.289 e. The highest BCUT2D eigenvalue weighted by Crippen LogP contribution is 2.33. The monoisotopic (exact) mass is 371 g/mol. The van der Waals surface area contributed by atoms with Gasteiger partial charge in [-0.05, 0) is 36.6 Å². The first kappa shape index (κ1) is 18.3. The average Bonchev–Trinajstić information content (AvgIpc) is 2.91. The Morgan fingerprint density at radius 1 is 1.04 bits per heavy atom. The van der Waals surface area contributed by atoms with Crippen LogP contribution in [0, 0.1) is 0 Å². The molecule has 136 valence electrons. The standard InChI is InChI=1S/C20H21NO4S/c1-3-25-17-11-15(9-10-16(17)24-2)12-18-19(22)21(20(23)26-18)13-14-7-5-4-6-8-14/h4-11,18H,3,12-13H2,1-2H3/t18-/m0/s1. The number of amides is 2. The van der Waals surface area contributed by atoms with Crippen molar-refractivity contribution in [3.8, 4) is 11.5 Å². The Morgan fingerprint density at radius 3 is 2.50 bits per heavy atom. The van der Waals surface area contributed by atoms with Crippen LogP contribution in [-0.2, 0) is 17.8 Å². The molecule has 0 spiro atoms. The summed E-state index contributed by atoms with van der Waals surface area (Å²) in [5, 5.41) is -0.600. The quantitative estimate of drug-likeness (QED) is 0.739. The second-order valence-electron chi connectivity index (χ2n) is 5.90. The number of rotatable bonds is 7. The van der Waals surface area contributed by atoms with Crippen molar-refractivity contribution in [2.75, 3.05) is 13.7 Å². The minimum Gasteiger partial charge on any atom is -0.493 e. The van der Waals surface area contributed by atoms with E-state index in [1.807, 2.05) is 55.5 Å². The molecule has 0 saturated carbocycles. The fourth-order valence-electron chi connectivity index (χ4n) is 2.87. The number of methoxy groups -OCH3 is 1. The molecule has 0 aliphatic carbocycles. The van der Waals surface area contributed by atoms with Crippen LogP contribution in [0.3, 0.4) is 0 Å². The molecule has 1 aliphatic heterocycles. The van der Waals surface area contributed by atoms with Crippen molar-refractivity contribution in [3.63, 3.8) is 0 Å². The van der Waals surface area contributed by atoms with Crippen molar-refractivity contribution in [1.29, 1.82) is 0 Å². The Labute approximate surface area is 157 Å². The van der Waals surface area contributed by atoms with Gasteiger partial charge >= 0.3 is 0 Å². The predicted octanol–water partition coefficient (Wildman–Crippen LogP) is 3.90. The second-order valence-corrected chi connectivity index (χ2v) is 7.06. The Hall–Kier alpha value is -2.47. The summed E-state index contributed by atoms with van der Waals surface area (Å²) in [6.45, 7) is 2.75. The van der Waals surface area contributed by atoms with Crippen molar-refractivity contribution >= 4 is 22.9 Å². The number of thioether (sulfide) groups is 1. The third-order valence-electron chi connectivity index (χ3n) is 4.14. The number of nitrogens with zero attached hydrogens (tertiary/aromatic N) is 1. The minimum atomic E-state index is -0.408. The molecule has 1 heterocycles. The third kappa shape index (κ3) is 4.02. The molecule has 2 aromatic rings. The molecule has 6 heteroatoms. The number of carbonyl (C=O) groups is 2. The molecular formula is C20H21NO4S. The first-order valence-corrected chi connectivity index (χ1v) is 9.36. The van der Waals surface area contributed by atoms with Crippen LogP contribution in [0.5, 0.6) is 11.5 Å². The molecule has 5 nitrogen and oxygen atoms in total. The first-order chi connectivity index (χ1) is 12.6. The Balaban J connectivity index is 1.72. The predicted molar refractivity (Wildman–Crippen MR) is 102 cm³/mol. The summed E-state index contributed by atoms with van der Waals surface area (Å²) in [5.41, 5.74) is 1.88. The summed E-state index contributed by atoms with van der Waals surface area (Å²) in [4.78, 5) is 26.3. The molecule has 1 atom stereocenters. The van der Waals surface area contributed by atoms with Crippen molar-refractivity contribution in [3.05, 3.63) is 59.7 Å². The highest BCUT2D eigenvalue weighted by molar-refractivity contribution is 8.15. The van der Waals surface area contributed by atoms with Gasteiger partial charge < -0.3 is 9.47 Å². The maximum absolute atomic E-state index is 12.7. The molecule has 0 bridgehead atoms. The highest BCUT2D eigenvalue weighted by Gasteiger charge is 2.39. The normalized spacial score (nSPS) is 16.8. The van der Waals surface area contributed by atoms with Gasteiger partial charge in [-0.3, -0.25) is 14.5 Å². The van der Waals surface area contributed by atoms with Gasteiger partial charge in [0.2, 0.25) is 5.91 Å². The van der Waals surface area contributed by atoms with Gasteiger partial charge in [0.05, 0.1) is 25.5 Å². The van der Waals surface area contributed by atoms with Gasteiger partial charge in [0.1, 0.15) is 0 Å². The zero-order valence-electron chi connectivity index (χ0n) is 14.8. The van der Waals surface area contributed by atoms with Crippen molar-refractivity contribution in [2.24, 2.45) is 0 Å². The number of ether oxygens (including phenoxy) is 2. The average molecular weight is 371 g/mol. The van der Waals surface area contributed by atoms with Gasteiger partial charge in [-0.25, -0.2) is 0 Å². The first-order valence-electron chi connectivity index (χ1n) is 8.48. The maximum atomic E-state index is 12.7. The van der Waals surface area contributed by atoms with Crippen LogP contribution in [-0.4, -0.2) is 35.0 Å². The van der Waals surface area contributed by atoms with E-state index in [-0.39, 0.29) is 11.1 Å². The van der Waals surface area contributed by atoms with Crippen LogP contribution < -0.4 is 9.47 Å². The van der Waals surface area contributed by atoms with E-state index >= 15 is 0 Å². The Kier molecular flexibility index (Phi) is 5.83. The topological polar surface area (TPSA) is 55.8 Å². The van der Waals surface area contributed by atoms with E-state index in [1.54, 1.807) is 7.11 Å². The van der Waals surface area contributed by atoms with Crippen LogP contribution >= 0.6 is 11.8 Å². The van der Waals surface area contributed by atoms with Crippen LogP contribution in [0.1, 0.15) is 18.1 Å². The van der Waals surface area contributed by atoms with Crippen molar-refractivity contribution < 1.29 is 19.1 Å². The SMILES string of the molecule is CCOc1cc(C[C@@H]2SC(=O)N(Cc3ccccc3)C2=O)ccc1OC.